The topological polar surface area (TPSA) is 86.8 Å². The van der Waals surface area contributed by atoms with Crippen LogP contribution < -0.4 is 15.4 Å². The Balaban J connectivity index is 1.51. The minimum absolute atomic E-state index is 0.101. The monoisotopic (exact) mass is 459 g/mol. The molecule has 8 heteroatoms. The molecule has 1 atom stereocenters. The molecule has 3 aromatic rings. The van der Waals surface area contributed by atoms with Gasteiger partial charge in [0, 0.05) is 45.1 Å². The highest BCUT2D eigenvalue weighted by atomic mass is 16.5. The first-order valence-corrected chi connectivity index (χ1v) is 11.2. The number of carbonyl (C=O) groups is 2. The molecule has 2 amide bonds. The first kappa shape index (κ1) is 23.3. The van der Waals surface area contributed by atoms with E-state index in [0.29, 0.717) is 37.6 Å². The molecule has 1 fully saturated rings. The van der Waals surface area contributed by atoms with E-state index in [9.17, 15) is 9.59 Å². The van der Waals surface area contributed by atoms with E-state index in [-0.39, 0.29) is 11.8 Å². The van der Waals surface area contributed by atoms with Crippen molar-refractivity contribution in [3.8, 4) is 5.75 Å². The van der Waals surface area contributed by atoms with Gasteiger partial charge < -0.3 is 20.3 Å². The third-order valence-electron chi connectivity index (χ3n) is 5.95. The second kappa shape index (κ2) is 10.8. The van der Waals surface area contributed by atoms with Crippen molar-refractivity contribution in [1.82, 2.24) is 20.1 Å². The molecule has 1 aliphatic heterocycles. The molecule has 1 aliphatic rings. The van der Waals surface area contributed by atoms with Crippen LogP contribution in [0.2, 0.25) is 0 Å². The van der Waals surface area contributed by atoms with Crippen LogP contribution >= 0.6 is 0 Å². The van der Waals surface area contributed by atoms with Crippen LogP contribution in [-0.2, 0) is 11.3 Å². The zero-order valence-corrected chi connectivity index (χ0v) is 19.4. The van der Waals surface area contributed by atoms with Crippen molar-refractivity contribution < 1.29 is 14.3 Å². The van der Waals surface area contributed by atoms with E-state index in [4.69, 9.17) is 4.74 Å². The summed E-state index contributed by atoms with van der Waals surface area (Å²) in [4.78, 5) is 34.5. The highest BCUT2D eigenvalue weighted by Gasteiger charge is 2.34. The van der Waals surface area contributed by atoms with Crippen molar-refractivity contribution in [1.29, 1.82) is 0 Å². The largest absolute Gasteiger partial charge is 0.497 e. The molecule has 0 aliphatic carbocycles. The molecule has 2 N–H and O–H groups in total. The van der Waals surface area contributed by atoms with Gasteiger partial charge in [-0.05, 0) is 42.0 Å². The third-order valence-corrected chi connectivity index (χ3v) is 5.95. The highest BCUT2D eigenvalue weighted by Crippen LogP contribution is 2.24. The molecule has 1 aromatic heterocycles. The standard InChI is InChI=1S/C26H29N5O3/c1-27-25(32)23-18-31(16-15-30(23)17-19-7-4-3-5-8-19)26(33)22-9-6-14-28-24(22)29-20-10-12-21(34-2)13-11-20/h3-14,23H,15-18H2,1-2H3,(H,27,32)(H,28,29)/t23-/m0/s1. The summed E-state index contributed by atoms with van der Waals surface area (Å²) in [5.74, 6) is 0.964. The number of likely N-dealkylation sites (N-methyl/N-ethyl adjacent to an activating group) is 1. The lowest BCUT2D eigenvalue weighted by Gasteiger charge is -2.40. The van der Waals surface area contributed by atoms with Gasteiger partial charge >= 0.3 is 0 Å². The van der Waals surface area contributed by atoms with Gasteiger partial charge in [-0.1, -0.05) is 30.3 Å². The van der Waals surface area contributed by atoms with Crippen molar-refractivity contribution in [2.24, 2.45) is 0 Å². The highest BCUT2D eigenvalue weighted by molar-refractivity contribution is 5.99. The second-order valence-corrected chi connectivity index (χ2v) is 8.09. The second-order valence-electron chi connectivity index (χ2n) is 8.09. The number of benzene rings is 2. The smallest absolute Gasteiger partial charge is 0.257 e. The summed E-state index contributed by atoms with van der Waals surface area (Å²) in [6.07, 6.45) is 1.65. The number of carbonyl (C=O) groups excluding carboxylic acids is 2. The molecule has 4 rings (SSSR count). The minimum atomic E-state index is -0.433. The van der Waals surface area contributed by atoms with Crippen molar-refractivity contribution in [3.05, 3.63) is 84.1 Å². The van der Waals surface area contributed by atoms with Gasteiger partial charge in [-0.2, -0.15) is 0 Å². The molecule has 1 saturated heterocycles. The number of nitrogens with one attached hydrogen (secondary N) is 2. The van der Waals surface area contributed by atoms with Gasteiger partial charge in [-0.3, -0.25) is 14.5 Å². The fourth-order valence-electron chi connectivity index (χ4n) is 4.09. The Hall–Kier alpha value is -3.91. The molecule has 0 saturated carbocycles. The van der Waals surface area contributed by atoms with Crippen LogP contribution in [0.1, 0.15) is 15.9 Å². The molecule has 8 nitrogen and oxygen atoms in total. The number of amides is 2. The van der Waals surface area contributed by atoms with Crippen LogP contribution in [0, 0.1) is 0 Å². The SMILES string of the molecule is CNC(=O)[C@@H]1CN(C(=O)c2cccnc2Nc2ccc(OC)cc2)CCN1Cc1ccccc1. The van der Waals surface area contributed by atoms with E-state index >= 15 is 0 Å². The summed E-state index contributed by atoms with van der Waals surface area (Å²) in [7, 11) is 3.24. The van der Waals surface area contributed by atoms with Gasteiger partial charge in [-0.15, -0.1) is 0 Å². The van der Waals surface area contributed by atoms with E-state index < -0.39 is 6.04 Å². The number of methoxy groups -OCH3 is 1. The lowest BCUT2D eigenvalue weighted by Crippen LogP contribution is -2.59. The molecule has 0 unspecified atom stereocenters. The maximum atomic E-state index is 13.5. The van der Waals surface area contributed by atoms with Crippen molar-refractivity contribution in [3.63, 3.8) is 0 Å². The Kier molecular flexibility index (Phi) is 7.39. The van der Waals surface area contributed by atoms with Crippen LogP contribution in [0.25, 0.3) is 0 Å². The van der Waals surface area contributed by atoms with Crippen LogP contribution in [0.4, 0.5) is 11.5 Å². The van der Waals surface area contributed by atoms with E-state index in [1.807, 2.05) is 54.6 Å². The van der Waals surface area contributed by atoms with Crippen molar-refractivity contribution in [2.75, 3.05) is 39.1 Å². The third kappa shape index (κ3) is 5.35. The number of rotatable bonds is 7. The minimum Gasteiger partial charge on any atom is -0.497 e. The van der Waals surface area contributed by atoms with Crippen molar-refractivity contribution in [2.45, 2.75) is 12.6 Å². The fourth-order valence-corrected chi connectivity index (χ4v) is 4.09. The average molecular weight is 460 g/mol. The number of anilines is 2. The lowest BCUT2D eigenvalue weighted by molar-refractivity contribution is -0.128. The van der Waals surface area contributed by atoms with E-state index in [1.165, 1.54) is 0 Å². The van der Waals surface area contributed by atoms with Gasteiger partial charge in [-0.25, -0.2) is 4.98 Å². The summed E-state index contributed by atoms with van der Waals surface area (Å²) in [6.45, 7) is 2.08. The predicted molar refractivity (Wildman–Crippen MR) is 131 cm³/mol. The molecule has 34 heavy (non-hydrogen) atoms. The first-order valence-electron chi connectivity index (χ1n) is 11.2. The Bertz CT molecular complexity index is 1120. The normalized spacial score (nSPS) is 16.1. The van der Waals surface area contributed by atoms with Crippen LogP contribution in [-0.4, -0.2) is 66.4 Å². The molecule has 2 aromatic carbocycles. The van der Waals surface area contributed by atoms with Crippen LogP contribution in [0.3, 0.4) is 0 Å². The number of aromatic nitrogens is 1. The summed E-state index contributed by atoms with van der Waals surface area (Å²) in [5.41, 5.74) is 2.39. The van der Waals surface area contributed by atoms with Gasteiger partial charge in [0.05, 0.1) is 12.7 Å². The molecule has 0 spiro atoms. The Labute approximate surface area is 199 Å². The fraction of sp³-hybridized carbons (Fsp3) is 0.269. The van der Waals surface area contributed by atoms with E-state index in [2.05, 4.69) is 20.5 Å². The maximum Gasteiger partial charge on any atom is 0.257 e. The predicted octanol–water partition coefficient (Wildman–Crippen LogP) is 2.91. The van der Waals surface area contributed by atoms with Gasteiger partial charge in [0.2, 0.25) is 5.91 Å². The van der Waals surface area contributed by atoms with E-state index in [1.54, 1.807) is 37.4 Å². The quantitative estimate of drug-likeness (QED) is 0.565. The molecule has 2 heterocycles. The summed E-state index contributed by atoms with van der Waals surface area (Å²) in [6, 6.07) is 20.5. The molecular weight excluding hydrogens is 430 g/mol. The lowest BCUT2D eigenvalue weighted by atomic mass is 10.1. The summed E-state index contributed by atoms with van der Waals surface area (Å²) in [5, 5.41) is 5.98. The van der Waals surface area contributed by atoms with E-state index in [0.717, 1.165) is 17.0 Å². The number of nitrogens with zero attached hydrogens (tertiary/aromatic N) is 3. The van der Waals surface area contributed by atoms with Gasteiger partial charge in [0.25, 0.3) is 5.91 Å². The van der Waals surface area contributed by atoms with Crippen LogP contribution in [0.15, 0.2) is 72.9 Å². The number of hydrogen-bond donors (Lipinski definition) is 2. The molecule has 0 bridgehead atoms. The van der Waals surface area contributed by atoms with Gasteiger partial charge in [0.15, 0.2) is 0 Å². The van der Waals surface area contributed by atoms with Gasteiger partial charge in [0.1, 0.15) is 17.6 Å². The maximum absolute atomic E-state index is 13.5. The van der Waals surface area contributed by atoms with Crippen LogP contribution in [0.5, 0.6) is 5.75 Å². The molecule has 0 radical (unpaired) electrons. The summed E-state index contributed by atoms with van der Waals surface area (Å²) < 4.78 is 5.20. The Morgan fingerprint density at radius 1 is 1.03 bits per heavy atom. The Morgan fingerprint density at radius 3 is 2.50 bits per heavy atom. The number of hydrogen-bond acceptors (Lipinski definition) is 6. The number of ether oxygens (including phenoxy) is 1. The average Bonchev–Trinajstić information content (AvgIpc) is 2.89. The zero-order chi connectivity index (χ0) is 23.9. The molecular formula is C26H29N5O3. The Morgan fingerprint density at radius 2 is 1.79 bits per heavy atom. The molecule has 176 valence electrons. The zero-order valence-electron chi connectivity index (χ0n) is 19.4. The number of pyridine rings is 1. The number of piperazine rings is 1. The van der Waals surface area contributed by atoms with Crippen molar-refractivity contribution >= 4 is 23.3 Å². The first-order chi connectivity index (χ1) is 16.6. The summed E-state index contributed by atoms with van der Waals surface area (Å²) >= 11 is 0.